The molecule has 0 radical (unpaired) electrons. The number of esters is 1. The number of benzene rings is 2. The van der Waals surface area contributed by atoms with Crippen LogP contribution in [0.25, 0.3) is 6.08 Å². The number of aromatic nitrogens is 2. The van der Waals surface area contributed by atoms with E-state index >= 15 is 0 Å². The largest absolute Gasteiger partial charge is 0.463 e. The lowest BCUT2D eigenvalue weighted by atomic mass is 9.82. The average Bonchev–Trinajstić information content (AvgIpc) is 3.27. The van der Waals surface area contributed by atoms with E-state index in [0.717, 1.165) is 17.5 Å². The van der Waals surface area contributed by atoms with Crippen molar-refractivity contribution in [3.8, 4) is 0 Å². The van der Waals surface area contributed by atoms with Gasteiger partial charge in [-0.1, -0.05) is 73.5 Å². The highest BCUT2D eigenvalue weighted by Crippen LogP contribution is 2.45. The molecule has 2 heterocycles. The predicted molar refractivity (Wildman–Crippen MR) is 134 cm³/mol. The molecule has 1 N–H and O–H groups in total. The molecule has 0 amide bonds. The number of carbonyl (C=O) groups excluding carboxylic acids is 2. The Hall–Kier alpha value is -3.64. The molecule has 0 fully saturated rings. The van der Waals surface area contributed by atoms with Crippen molar-refractivity contribution >= 4 is 35.4 Å². The minimum absolute atomic E-state index is 0.256. The molecule has 2 aromatic carbocycles. The van der Waals surface area contributed by atoms with Crippen LogP contribution < -0.4 is 5.32 Å². The van der Waals surface area contributed by atoms with Crippen LogP contribution >= 0.6 is 11.6 Å². The van der Waals surface area contributed by atoms with E-state index < -0.39 is 11.9 Å². The molecular formula is C27H26ClN3O3. The SMILES string of the molecule is CCCC1=C(C(=O)OCC)C(c2ccccc2Cl)c2cnn(C(=O)/C=C/c3ccccc3)c2N1. The van der Waals surface area contributed by atoms with E-state index in [1.807, 2.05) is 55.5 Å². The van der Waals surface area contributed by atoms with E-state index in [-0.39, 0.29) is 12.5 Å². The Morgan fingerprint density at radius 1 is 1.09 bits per heavy atom. The Kier molecular flexibility index (Phi) is 7.28. The van der Waals surface area contributed by atoms with E-state index in [4.69, 9.17) is 16.3 Å². The van der Waals surface area contributed by atoms with Crippen LogP contribution in [-0.4, -0.2) is 28.3 Å². The molecule has 1 aromatic heterocycles. The van der Waals surface area contributed by atoms with E-state index in [1.54, 1.807) is 25.3 Å². The zero-order valence-corrected chi connectivity index (χ0v) is 19.9. The first-order valence-corrected chi connectivity index (χ1v) is 11.7. The number of hydrogen-bond donors (Lipinski definition) is 1. The Morgan fingerprint density at radius 2 is 1.82 bits per heavy atom. The molecule has 0 saturated carbocycles. The van der Waals surface area contributed by atoms with Gasteiger partial charge in [-0.15, -0.1) is 0 Å². The molecule has 1 aliphatic rings. The van der Waals surface area contributed by atoms with Crippen molar-refractivity contribution in [1.82, 2.24) is 9.78 Å². The van der Waals surface area contributed by atoms with E-state index in [1.165, 1.54) is 10.8 Å². The number of ether oxygens (including phenoxy) is 1. The van der Waals surface area contributed by atoms with Gasteiger partial charge in [0.25, 0.3) is 5.91 Å². The maximum absolute atomic E-state index is 13.1. The fourth-order valence-corrected chi connectivity index (χ4v) is 4.38. The molecule has 0 saturated heterocycles. The van der Waals surface area contributed by atoms with Crippen LogP contribution in [0.5, 0.6) is 0 Å². The van der Waals surface area contributed by atoms with Gasteiger partial charge < -0.3 is 10.1 Å². The Balaban J connectivity index is 1.82. The van der Waals surface area contributed by atoms with Crippen LogP contribution in [-0.2, 0) is 9.53 Å². The van der Waals surface area contributed by atoms with Crippen LogP contribution in [0.3, 0.4) is 0 Å². The predicted octanol–water partition coefficient (Wildman–Crippen LogP) is 6.06. The number of halogens is 1. The van der Waals surface area contributed by atoms with E-state index in [0.29, 0.717) is 34.1 Å². The number of anilines is 1. The van der Waals surface area contributed by atoms with Crippen LogP contribution in [0.1, 0.15) is 54.1 Å². The van der Waals surface area contributed by atoms with Crippen LogP contribution in [0.4, 0.5) is 5.82 Å². The minimum atomic E-state index is -0.509. The van der Waals surface area contributed by atoms with Gasteiger partial charge >= 0.3 is 5.97 Å². The molecule has 1 aliphatic heterocycles. The summed E-state index contributed by atoms with van der Waals surface area (Å²) in [7, 11) is 0. The van der Waals surface area contributed by atoms with Crippen molar-refractivity contribution in [2.24, 2.45) is 0 Å². The van der Waals surface area contributed by atoms with Crippen molar-refractivity contribution in [1.29, 1.82) is 0 Å². The smallest absolute Gasteiger partial charge is 0.336 e. The van der Waals surface area contributed by atoms with Crippen molar-refractivity contribution in [2.45, 2.75) is 32.6 Å². The zero-order chi connectivity index (χ0) is 24.1. The van der Waals surface area contributed by atoms with Crippen molar-refractivity contribution < 1.29 is 14.3 Å². The van der Waals surface area contributed by atoms with Crippen molar-refractivity contribution in [2.75, 3.05) is 11.9 Å². The maximum Gasteiger partial charge on any atom is 0.336 e. The molecule has 1 atom stereocenters. The number of carbonyl (C=O) groups is 2. The molecule has 0 spiro atoms. The third-order valence-electron chi connectivity index (χ3n) is 5.63. The quantitative estimate of drug-likeness (QED) is 0.332. The van der Waals surface area contributed by atoms with Gasteiger partial charge in [0.05, 0.1) is 18.4 Å². The number of allylic oxidation sites excluding steroid dienone is 2. The third kappa shape index (κ3) is 4.68. The summed E-state index contributed by atoms with van der Waals surface area (Å²) in [6, 6.07) is 17.0. The summed E-state index contributed by atoms with van der Waals surface area (Å²) < 4.78 is 6.75. The lowest BCUT2D eigenvalue weighted by Crippen LogP contribution is -2.27. The maximum atomic E-state index is 13.1. The number of hydrogen-bond acceptors (Lipinski definition) is 5. The number of nitrogens with one attached hydrogen (secondary N) is 1. The highest BCUT2D eigenvalue weighted by atomic mass is 35.5. The van der Waals surface area contributed by atoms with Gasteiger partial charge in [-0.3, -0.25) is 4.79 Å². The number of nitrogens with zero attached hydrogens (tertiary/aromatic N) is 2. The molecule has 34 heavy (non-hydrogen) atoms. The van der Waals surface area contributed by atoms with Crippen LogP contribution in [0, 0.1) is 0 Å². The average molecular weight is 476 g/mol. The summed E-state index contributed by atoms with van der Waals surface area (Å²) in [5.74, 6) is -0.683. The lowest BCUT2D eigenvalue weighted by Gasteiger charge is -2.29. The van der Waals surface area contributed by atoms with Crippen molar-refractivity contribution in [3.05, 3.63) is 99.9 Å². The van der Waals surface area contributed by atoms with E-state index in [9.17, 15) is 9.59 Å². The standard InChI is InChI=1S/C27H26ClN3O3/c1-3-10-22-25(27(33)34-4-2)24(19-13-8-9-14-21(19)28)20-17-29-31(26(20)30-22)23(32)16-15-18-11-6-5-7-12-18/h5-9,11-17,24,30H,3-4,10H2,1-2H3/b16-15+. The zero-order valence-electron chi connectivity index (χ0n) is 19.1. The summed E-state index contributed by atoms with van der Waals surface area (Å²) >= 11 is 6.58. The molecule has 3 aromatic rings. The number of rotatable bonds is 7. The monoisotopic (exact) mass is 475 g/mol. The summed E-state index contributed by atoms with van der Waals surface area (Å²) in [6.45, 7) is 4.06. The van der Waals surface area contributed by atoms with Crippen LogP contribution in [0.15, 0.2) is 78.1 Å². The first-order chi connectivity index (χ1) is 16.5. The molecule has 4 rings (SSSR count). The molecule has 0 aliphatic carbocycles. The fraction of sp³-hybridized carbons (Fsp3) is 0.222. The molecule has 7 heteroatoms. The van der Waals surface area contributed by atoms with Crippen molar-refractivity contribution in [3.63, 3.8) is 0 Å². The third-order valence-corrected chi connectivity index (χ3v) is 5.97. The Bertz CT molecular complexity index is 1260. The normalized spacial score (nSPS) is 15.2. The summed E-state index contributed by atoms with van der Waals surface area (Å²) in [5, 5.41) is 8.23. The van der Waals surface area contributed by atoms with Gasteiger partial charge in [0.15, 0.2) is 0 Å². The summed E-state index contributed by atoms with van der Waals surface area (Å²) in [5.41, 5.74) is 3.57. The van der Waals surface area contributed by atoms with Gasteiger partial charge in [-0.05, 0) is 36.6 Å². The van der Waals surface area contributed by atoms with Gasteiger partial charge in [0.2, 0.25) is 0 Å². The van der Waals surface area contributed by atoms with Gasteiger partial charge in [-0.25, -0.2) is 4.79 Å². The Morgan fingerprint density at radius 3 is 2.53 bits per heavy atom. The fourth-order valence-electron chi connectivity index (χ4n) is 4.14. The second kappa shape index (κ2) is 10.5. The minimum Gasteiger partial charge on any atom is -0.463 e. The summed E-state index contributed by atoms with van der Waals surface area (Å²) in [6.07, 6.45) is 6.25. The first kappa shape index (κ1) is 23.5. The molecule has 0 bridgehead atoms. The van der Waals surface area contributed by atoms with E-state index in [2.05, 4.69) is 10.4 Å². The molecular weight excluding hydrogens is 450 g/mol. The molecule has 6 nitrogen and oxygen atoms in total. The first-order valence-electron chi connectivity index (χ1n) is 11.3. The summed E-state index contributed by atoms with van der Waals surface area (Å²) in [4.78, 5) is 26.2. The highest BCUT2D eigenvalue weighted by molar-refractivity contribution is 6.31. The number of fused-ring (bicyclic) bond motifs is 1. The van der Waals surface area contributed by atoms with Gasteiger partial charge in [0, 0.05) is 28.3 Å². The second-order valence-corrected chi connectivity index (χ2v) is 8.29. The molecule has 174 valence electrons. The van der Waals surface area contributed by atoms with Gasteiger partial charge in [0.1, 0.15) is 5.82 Å². The highest BCUT2D eigenvalue weighted by Gasteiger charge is 2.37. The van der Waals surface area contributed by atoms with Crippen LogP contribution in [0.2, 0.25) is 5.02 Å². The topological polar surface area (TPSA) is 73.2 Å². The van der Waals surface area contributed by atoms with Gasteiger partial charge in [-0.2, -0.15) is 9.78 Å². The molecule has 1 unspecified atom stereocenters. The Labute approximate surface area is 203 Å². The second-order valence-electron chi connectivity index (χ2n) is 7.88. The lowest BCUT2D eigenvalue weighted by molar-refractivity contribution is -0.138.